The predicted octanol–water partition coefficient (Wildman–Crippen LogP) is 6.99. The zero-order valence-corrected chi connectivity index (χ0v) is 28.4. The molecule has 1 aromatic heterocycles. The molecular weight excluding hydrogens is 662 g/mol. The maximum atomic E-state index is 12.8. The monoisotopic (exact) mass is 699 g/mol. The molecule has 10 nitrogen and oxygen atoms in total. The number of para-hydroxylation sites is 1. The molecule has 0 radical (unpaired) electrons. The van der Waals surface area contributed by atoms with Crippen molar-refractivity contribution >= 4 is 56.5 Å². The number of H-pyrrole nitrogens is 1. The molecule has 5 aromatic rings. The van der Waals surface area contributed by atoms with Gasteiger partial charge < -0.3 is 30.4 Å². The van der Waals surface area contributed by atoms with Gasteiger partial charge in [0.2, 0.25) is 5.91 Å². The SMILES string of the molecule is O=C(CCN1CCC(OC(=O)Nc2ccccc2-c2ccccc2)CC1)Nc1ccc(Cl)c(CNCCc2ccc(O)c3[nH]c(=O)sc23)c1. The summed E-state index contributed by atoms with van der Waals surface area (Å²) in [6.07, 6.45) is 1.76. The Hall–Kier alpha value is -4.68. The lowest BCUT2D eigenvalue weighted by Gasteiger charge is -2.31. The number of phenolic OH excluding ortho intramolecular Hbond substituents is 1. The van der Waals surface area contributed by atoms with Crippen molar-refractivity contribution in [2.24, 2.45) is 0 Å². The van der Waals surface area contributed by atoms with Crippen molar-refractivity contribution in [1.82, 2.24) is 15.2 Å². The van der Waals surface area contributed by atoms with Crippen LogP contribution in [0.5, 0.6) is 5.75 Å². The number of likely N-dealkylation sites (tertiary alicyclic amines) is 1. The van der Waals surface area contributed by atoms with Crippen molar-refractivity contribution in [2.75, 3.05) is 36.8 Å². The number of hydrogen-bond acceptors (Lipinski definition) is 8. The summed E-state index contributed by atoms with van der Waals surface area (Å²) < 4.78 is 6.51. The Morgan fingerprint density at radius 1 is 0.959 bits per heavy atom. The molecule has 2 heterocycles. The number of aromatic hydroxyl groups is 1. The third-order valence-corrected chi connectivity index (χ3v) is 9.89. The van der Waals surface area contributed by atoms with Crippen LogP contribution >= 0.6 is 22.9 Å². The summed E-state index contributed by atoms with van der Waals surface area (Å²) in [7, 11) is 0. The van der Waals surface area contributed by atoms with Gasteiger partial charge in [-0.1, -0.05) is 77.5 Å². The average Bonchev–Trinajstić information content (AvgIpc) is 3.51. The van der Waals surface area contributed by atoms with Crippen molar-refractivity contribution in [3.63, 3.8) is 0 Å². The van der Waals surface area contributed by atoms with Crippen LogP contribution in [0.25, 0.3) is 21.3 Å². The number of aromatic amines is 1. The smallest absolute Gasteiger partial charge is 0.411 e. The van der Waals surface area contributed by atoms with E-state index in [-0.39, 0.29) is 22.6 Å². The Balaban J connectivity index is 0.909. The van der Waals surface area contributed by atoms with Crippen LogP contribution in [0, 0.1) is 0 Å². The first-order valence-electron chi connectivity index (χ1n) is 16.3. The second-order valence-corrected chi connectivity index (χ2v) is 13.4. The van der Waals surface area contributed by atoms with E-state index in [0.717, 1.165) is 51.4 Å². The third-order valence-electron chi connectivity index (χ3n) is 8.57. The highest BCUT2D eigenvalue weighted by atomic mass is 35.5. The van der Waals surface area contributed by atoms with Gasteiger partial charge in [-0.25, -0.2) is 4.79 Å². The second kappa shape index (κ2) is 16.1. The molecule has 0 unspecified atom stereocenters. The number of benzene rings is 4. The second-order valence-electron chi connectivity index (χ2n) is 12.0. The molecule has 2 amide bonds. The van der Waals surface area contributed by atoms with E-state index in [1.54, 1.807) is 18.2 Å². The maximum Gasteiger partial charge on any atom is 0.411 e. The van der Waals surface area contributed by atoms with E-state index in [1.165, 1.54) is 0 Å². The van der Waals surface area contributed by atoms with E-state index in [0.29, 0.717) is 67.2 Å². The normalized spacial score (nSPS) is 13.7. The molecule has 4 aromatic carbocycles. The summed E-state index contributed by atoms with van der Waals surface area (Å²) in [5, 5.41) is 19.9. The summed E-state index contributed by atoms with van der Waals surface area (Å²) in [6.45, 7) is 3.22. The third kappa shape index (κ3) is 9.07. The van der Waals surface area contributed by atoms with Gasteiger partial charge in [-0.2, -0.15) is 0 Å². The summed E-state index contributed by atoms with van der Waals surface area (Å²) in [5.41, 5.74) is 5.63. The number of carbonyl (C=O) groups is 2. The number of fused-ring (bicyclic) bond motifs is 1. The standard InChI is InChI=1S/C37H38ClN5O5S/c38-30-12-11-27(22-26(30)23-39-18-14-25-10-13-32(44)34-35(25)49-37(47)42-34)40-33(45)17-21-43-19-15-28(16-20-43)48-36(46)41-31-9-5-4-8-29(31)24-6-2-1-3-7-24/h1-13,22,28,39,44H,14-21,23H2,(H,40,45)(H,41,46)(H,42,47). The Morgan fingerprint density at radius 3 is 2.55 bits per heavy atom. The van der Waals surface area contributed by atoms with Crippen molar-refractivity contribution in [3.8, 4) is 16.9 Å². The highest BCUT2D eigenvalue weighted by molar-refractivity contribution is 7.16. The van der Waals surface area contributed by atoms with Gasteiger partial charge in [0.25, 0.3) is 0 Å². The Kier molecular flexibility index (Phi) is 11.3. The van der Waals surface area contributed by atoms with Gasteiger partial charge in [0.05, 0.1) is 10.4 Å². The minimum atomic E-state index is -0.464. The highest BCUT2D eigenvalue weighted by Gasteiger charge is 2.23. The summed E-state index contributed by atoms with van der Waals surface area (Å²) in [4.78, 5) is 42.0. The molecule has 6 rings (SSSR count). The number of amides is 2. The lowest BCUT2D eigenvalue weighted by atomic mass is 10.0. The minimum Gasteiger partial charge on any atom is -0.506 e. The number of hydrogen-bond donors (Lipinski definition) is 5. The molecule has 1 aliphatic heterocycles. The zero-order chi connectivity index (χ0) is 34.2. The quantitative estimate of drug-likeness (QED) is 0.0886. The number of phenols is 1. The number of carbonyl (C=O) groups excluding carboxylic acids is 2. The number of nitrogens with one attached hydrogen (secondary N) is 4. The number of piperidine rings is 1. The maximum absolute atomic E-state index is 12.8. The van der Waals surface area contributed by atoms with Crippen molar-refractivity contribution in [3.05, 3.63) is 111 Å². The van der Waals surface area contributed by atoms with E-state index in [1.807, 2.05) is 66.7 Å². The number of aromatic nitrogens is 1. The van der Waals surface area contributed by atoms with Gasteiger partial charge in [-0.05, 0) is 72.8 Å². The molecule has 1 aliphatic rings. The molecule has 0 bridgehead atoms. The fourth-order valence-corrected chi connectivity index (χ4v) is 7.07. The predicted molar refractivity (Wildman–Crippen MR) is 196 cm³/mol. The fourth-order valence-electron chi connectivity index (χ4n) is 5.99. The number of ether oxygens (including phenoxy) is 1. The average molecular weight is 700 g/mol. The number of nitrogens with zero attached hydrogens (tertiary/aromatic N) is 1. The number of rotatable bonds is 12. The van der Waals surface area contributed by atoms with Crippen molar-refractivity contribution in [1.29, 1.82) is 0 Å². The first kappa shape index (κ1) is 34.2. The molecule has 254 valence electrons. The van der Waals surface area contributed by atoms with Crippen LogP contribution in [-0.2, 0) is 22.5 Å². The van der Waals surface area contributed by atoms with Gasteiger partial charge in [-0.15, -0.1) is 0 Å². The molecule has 12 heteroatoms. The number of halogens is 1. The van der Waals surface area contributed by atoms with Crippen LogP contribution in [0.4, 0.5) is 16.2 Å². The first-order valence-corrected chi connectivity index (χ1v) is 17.5. The summed E-state index contributed by atoms with van der Waals surface area (Å²) in [5.74, 6) is -0.0218. The molecule has 49 heavy (non-hydrogen) atoms. The fraction of sp³-hybridized carbons (Fsp3) is 0.270. The van der Waals surface area contributed by atoms with E-state index in [9.17, 15) is 19.5 Å². The van der Waals surface area contributed by atoms with Gasteiger partial charge in [-0.3, -0.25) is 14.9 Å². The van der Waals surface area contributed by atoms with Crippen LogP contribution in [0.15, 0.2) is 89.7 Å². The summed E-state index contributed by atoms with van der Waals surface area (Å²) >= 11 is 7.53. The van der Waals surface area contributed by atoms with Gasteiger partial charge >= 0.3 is 11.0 Å². The van der Waals surface area contributed by atoms with Crippen molar-refractivity contribution < 1.29 is 19.4 Å². The molecule has 0 atom stereocenters. The molecule has 0 saturated carbocycles. The summed E-state index contributed by atoms with van der Waals surface area (Å²) in [6, 6.07) is 26.4. The molecule has 1 saturated heterocycles. The van der Waals surface area contributed by atoms with Crippen LogP contribution in [0.2, 0.25) is 5.02 Å². The van der Waals surface area contributed by atoms with Crippen LogP contribution < -0.4 is 20.8 Å². The first-order chi connectivity index (χ1) is 23.8. The molecule has 0 aliphatic carbocycles. The Morgan fingerprint density at radius 2 is 1.73 bits per heavy atom. The van der Waals surface area contributed by atoms with E-state index >= 15 is 0 Å². The largest absolute Gasteiger partial charge is 0.506 e. The van der Waals surface area contributed by atoms with Gasteiger partial charge in [0, 0.05) is 48.9 Å². The number of anilines is 2. The molecular formula is C37H38ClN5O5S. The molecule has 5 N–H and O–H groups in total. The van der Waals surface area contributed by atoms with Gasteiger partial charge in [0.1, 0.15) is 17.4 Å². The van der Waals surface area contributed by atoms with E-state index in [4.69, 9.17) is 16.3 Å². The van der Waals surface area contributed by atoms with Crippen LogP contribution in [0.3, 0.4) is 0 Å². The Bertz CT molecular complexity index is 1970. The lowest BCUT2D eigenvalue weighted by molar-refractivity contribution is -0.116. The molecule has 0 spiro atoms. The van der Waals surface area contributed by atoms with Crippen molar-refractivity contribution in [2.45, 2.75) is 38.3 Å². The van der Waals surface area contributed by atoms with E-state index < -0.39 is 6.09 Å². The van der Waals surface area contributed by atoms with Crippen LogP contribution in [0.1, 0.15) is 30.4 Å². The zero-order valence-electron chi connectivity index (χ0n) is 26.8. The topological polar surface area (TPSA) is 136 Å². The van der Waals surface area contributed by atoms with Gasteiger partial charge in [0.15, 0.2) is 0 Å². The molecule has 1 fully saturated rings. The minimum absolute atomic E-state index is 0.0635. The van der Waals surface area contributed by atoms with Crippen LogP contribution in [-0.4, -0.2) is 59.3 Å². The lowest BCUT2D eigenvalue weighted by Crippen LogP contribution is -2.39. The van der Waals surface area contributed by atoms with E-state index in [2.05, 4.69) is 25.8 Å². The number of thiazole rings is 1. The highest BCUT2D eigenvalue weighted by Crippen LogP contribution is 2.29. The Labute approximate surface area is 293 Å².